The van der Waals surface area contributed by atoms with E-state index in [2.05, 4.69) is 12.2 Å². The van der Waals surface area contributed by atoms with E-state index in [1.807, 2.05) is 11.8 Å². The zero-order chi connectivity index (χ0) is 20.5. The van der Waals surface area contributed by atoms with Gasteiger partial charge in [0.05, 0.1) is 13.5 Å². The molecule has 1 aliphatic rings. The smallest absolute Gasteiger partial charge is 0.252 e. The van der Waals surface area contributed by atoms with Crippen molar-refractivity contribution in [2.45, 2.75) is 58.4 Å². The molecule has 6 nitrogen and oxygen atoms in total. The number of hydrogen-bond acceptors (Lipinski definition) is 4. The van der Waals surface area contributed by atoms with E-state index in [1.54, 1.807) is 36.3 Å². The molecular weight excluding hydrogens is 374 g/mol. The summed E-state index contributed by atoms with van der Waals surface area (Å²) in [6.07, 6.45) is 5.78. The lowest BCUT2D eigenvalue weighted by molar-refractivity contribution is -0.130. The molecule has 1 saturated heterocycles. The maximum Gasteiger partial charge on any atom is 0.252 e. The third-order valence-electron chi connectivity index (χ3n) is 4.98. The normalized spacial score (nSPS) is 16.6. The van der Waals surface area contributed by atoms with Gasteiger partial charge in [0.15, 0.2) is 5.11 Å². The van der Waals surface area contributed by atoms with Crippen molar-refractivity contribution in [1.82, 2.24) is 9.80 Å². The Morgan fingerprint density at radius 2 is 1.82 bits per heavy atom. The van der Waals surface area contributed by atoms with Crippen LogP contribution in [0.15, 0.2) is 24.3 Å². The van der Waals surface area contributed by atoms with Gasteiger partial charge in [-0.3, -0.25) is 14.5 Å². The first-order chi connectivity index (χ1) is 13.5. The Balaban J connectivity index is 1.98. The SMILES string of the molecule is CCCCCCCN1C(=S)N(CC)C(=O)C1CC(=O)Nc1ccc(OC)cc1. The zero-order valence-electron chi connectivity index (χ0n) is 17.1. The third kappa shape index (κ3) is 5.67. The quantitative estimate of drug-likeness (QED) is 0.448. The zero-order valence-corrected chi connectivity index (χ0v) is 17.9. The van der Waals surface area contributed by atoms with Crippen LogP contribution in [0.2, 0.25) is 0 Å². The number of thiocarbonyl (C=S) groups is 1. The molecule has 1 unspecified atom stereocenters. The maximum atomic E-state index is 12.8. The minimum atomic E-state index is -0.517. The van der Waals surface area contributed by atoms with Gasteiger partial charge in [0, 0.05) is 18.8 Å². The van der Waals surface area contributed by atoms with Gasteiger partial charge in [-0.15, -0.1) is 0 Å². The van der Waals surface area contributed by atoms with Gasteiger partial charge < -0.3 is 15.0 Å². The van der Waals surface area contributed by atoms with Crippen LogP contribution in [0.3, 0.4) is 0 Å². The molecular formula is C21H31N3O3S. The summed E-state index contributed by atoms with van der Waals surface area (Å²) in [4.78, 5) is 28.8. The predicted octanol–water partition coefficient (Wildman–Crippen LogP) is 3.81. The van der Waals surface area contributed by atoms with Crippen LogP contribution < -0.4 is 10.1 Å². The highest BCUT2D eigenvalue weighted by molar-refractivity contribution is 7.80. The van der Waals surface area contributed by atoms with E-state index in [9.17, 15) is 9.59 Å². The summed E-state index contributed by atoms with van der Waals surface area (Å²) in [7, 11) is 1.60. The van der Waals surface area contributed by atoms with Gasteiger partial charge in [-0.25, -0.2) is 0 Å². The van der Waals surface area contributed by atoms with E-state index in [1.165, 1.54) is 19.3 Å². The van der Waals surface area contributed by atoms with E-state index in [4.69, 9.17) is 17.0 Å². The molecule has 28 heavy (non-hydrogen) atoms. The highest BCUT2D eigenvalue weighted by Crippen LogP contribution is 2.23. The molecule has 1 N–H and O–H groups in total. The summed E-state index contributed by atoms with van der Waals surface area (Å²) in [5, 5.41) is 3.40. The molecule has 1 aromatic carbocycles. The lowest BCUT2D eigenvalue weighted by Gasteiger charge is -2.23. The van der Waals surface area contributed by atoms with Crippen molar-refractivity contribution in [1.29, 1.82) is 0 Å². The summed E-state index contributed by atoms with van der Waals surface area (Å²) in [5.41, 5.74) is 0.678. The third-order valence-corrected chi connectivity index (χ3v) is 5.43. The first-order valence-corrected chi connectivity index (χ1v) is 10.5. The standard InChI is InChI=1S/C21H31N3O3S/c1-4-6-7-8-9-14-24-18(20(26)23(5-2)21(24)28)15-19(25)22-16-10-12-17(27-3)13-11-16/h10-13,18H,4-9,14-15H2,1-3H3,(H,22,25). The molecule has 0 saturated carbocycles. The number of amides is 2. The van der Waals surface area contributed by atoms with E-state index in [0.717, 1.165) is 18.6 Å². The Kier molecular flexibility index (Phi) is 8.70. The Bertz CT molecular complexity index is 678. The molecule has 0 bridgehead atoms. The number of benzene rings is 1. The highest BCUT2D eigenvalue weighted by atomic mass is 32.1. The lowest BCUT2D eigenvalue weighted by atomic mass is 10.1. The highest BCUT2D eigenvalue weighted by Gasteiger charge is 2.42. The molecule has 1 heterocycles. The van der Waals surface area contributed by atoms with E-state index in [0.29, 0.717) is 23.9 Å². The number of hydrogen-bond donors (Lipinski definition) is 1. The molecule has 0 aliphatic carbocycles. The fourth-order valence-corrected chi connectivity index (χ4v) is 3.82. The summed E-state index contributed by atoms with van der Waals surface area (Å²) < 4.78 is 5.12. The van der Waals surface area contributed by atoms with Crippen LogP contribution in [-0.2, 0) is 9.59 Å². The number of nitrogens with one attached hydrogen (secondary N) is 1. The fourth-order valence-electron chi connectivity index (χ4n) is 3.38. The number of ether oxygens (including phenoxy) is 1. The van der Waals surface area contributed by atoms with Gasteiger partial charge in [-0.05, 0) is 49.8 Å². The second-order valence-electron chi connectivity index (χ2n) is 6.97. The van der Waals surface area contributed by atoms with Crippen LogP contribution in [0.4, 0.5) is 5.69 Å². The first-order valence-electron chi connectivity index (χ1n) is 10.1. The van der Waals surface area contributed by atoms with Crippen molar-refractivity contribution in [2.24, 2.45) is 0 Å². The maximum absolute atomic E-state index is 12.8. The molecule has 0 radical (unpaired) electrons. The van der Waals surface area contributed by atoms with Crippen molar-refractivity contribution in [3.8, 4) is 5.75 Å². The lowest BCUT2D eigenvalue weighted by Crippen LogP contribution is -2.38. The van der Waals surface area contributed by atoms with Gasteiger partial charge in [-0.1, -0.05) is 32.6 Å². The number of carbonyl (C=O) groups excluding carboxylic acids is 2. The van der Waals surface area contributed by atoms with Crippen molar-refractivity contribution >= 4 is 34.8 Å². The van der Waals surface area contributed by atoms with Crippen LogP contribution in [0, 0.1) is 0 Å². The summed E-state index contributed by atoms with van der Waals surface area (Å²) >= 11 is 5.51. The van der Waals surface area contributed by atoms with Crippen LogP contribution in [-0.4, -0.2) is 53.0 Å². The molecule has 2 rings (SSSR count). The number of carbonyl (C=O) groups is 2. The Hall–Kier alpha value is -2.15. The largest absolute Gasteiger partial charge is 0.497 e. The Morgan fingerprint density at radius 1 is 1.14 bits per heavy atom. The van der Waals surface area contributed by atoms with Crippen LogP contribution in [0.5, 0.6) is 5.75 Å². The predicted molar refractivity (Wildman–Crippen MR) is 115 cm³/mol. The van der Waals surface area contributed by atoms with E-state index >= 15 is 0 Å². The molecule has 1 fully saturated rings. The van der Waals surface area contributed by atoms with Crippen molar-refractivity contribution < 1.29 is 14.3 Å². The van der Waals surface area contributed by atoms with Crippen LogP contribution >= 0.6 is 12.2 Å². The minimum absolute atomic E-state index is 0.0778. The second kappa shape index (κ2) is 11.0. The molecule has 2 amide bonds. The van der Waals surface area contributed by atoms with Crippen molar-refractivity contribution in [3.63, 3.8) is 0 Å². The molecule has 1 aliphatic heterocycles. The average molecular weight is 406 g/mol. The van der Waals surface area contributed by atoms with Gasteiger partial charge >= 0.3 is 0 Å². The second-order valence-corrected chi connectivity index (χ2v) is 7.33. The van der Waals surface area contributed by atoms with Gasteiger partial charge in [0.25, 0.3) is 5.91 Å². The van der Waals surface area contributed by atoms with Gasteiger partial charge in [0.1, 0.15) is 11.8 Å². The summed E-state index contributed by atoms with van der Waals surface area (Å²) in [5.74, 6) is 0.452. The minimum Gasteiger partial charge on any atom is -0.497 e. The first kappa shape index (κ1) is 22.1. The number of nitrogens with zero attached hydrogens (tertiary/aromatic N) is 2. The van der Waals surface area contributed by atoms with Crippen LogP contribution in [0.25, 0.3) is 0 Å². The number of likely N-dealkylation sites (N-methyl/N-ethyl adjacent to an activating group) is 1. The van der Waals surface area contributed by atoms with Gasteiger partial charge in [0.2, 0.25) is 5.91 Å². The topological polar surface area (TPSA) is 61.9 Å². The molecule has 0 spiro atoms. The number of methoxy groups -OCH3 is 1. The number of unbranched alkanes of at least 4 members (excludes halogenated alkanes) is 4. The number of anilines is 1. The molecule has 1 atom stereocenters. The Labute approximate surface area is 173 Å². The van der Waals surface area contributed by atoms with Crippen molar-refractivity contribution in [2.75, 3.05) is 25.5 Å². The molecule has 154 valence electrons. The van der Waals surface area contributed by atoms with E-state index in [-0.39, 0.29) is 18.2 Å². The van der Waals surface area contributed by atoms with Crippen LogP contribution in [0.1, 0.15) is 52.4 Å². The van der Waals surface area contributed by atoms with E-state index < -0.39 is 6.04 Å². The number of rotatable bonds is 11. The average Bonchev–Trinajstić information content (AvgIpc) is 2.91. The monoisotopic (exact) mass is 405 g/mol. The molecule has 1 aromatic rings. The van der Waals surface area contributed by atoms with Crippen molar-refractivity contribution in [3.05, 3.63) is 24.3 Å². The summed E-state index contributed by atoms with van der Waals surface area (Å²) in [6.45, 7) is 5.33. The Morgan fingerprint density at radius 3 is 2.43 bits per heavy atom. The summed E-state index contributed by atoms with van der Waals surface area (Å²) in [6, 6.07) is 6.61. The molecule has 7 heteroatoms. The van der Waals surface area contributed by atoms with Gasteiger partial charge in [-0.2, -0.15) is 0 Å². The fraction of sp³-hybridized carbons (Fsp3) is 0.571. The molecule has 0 aromatic heterocycles.